The summed E-state index contributed by atoms with van der Waals surface area (Å²) in [5, 5.41) is 3.32. The van der Waals surface area contributed by atoms with E-state index in [-0.39, 0.29) is 18.0 Å². The zero-order valence-electron chi connectivity index (χ0n) is 19.4. The number of likely N-dealkylation sites (N-methyl/N-ethyl adjacent to an activating group) is 1. The van der Waals surface area contributed by atoms with Crippen LogP contribution < -0.4 is 5.32 Å². The number of aliphatic imine (C=N–C) groups is 1. The third kappa shape index (κ3) is 4.71. The van der Waals surface area contributed by atoms with Gasteiger partial charge in [0.25, 0.3) is 5.91 Å². The van der Waals surface area contributed by atoms with E-state index in [2.05, 4.69) is 16.9 Å². The van der Waals surface area contributed by atoms with Gasteiger partial charge < -0.3 is 10.2 Å². The molecule has 2 aromatic carbocycles. The monoisotopic (exact) mass is 468 g/mol. The Morgan fingerprint density at radius 1 is 1.09 bits per heavy atom. The summed E-state index contributed by atoms with van der Waals surface area (Å²) >= 11 is 0. The predicted molar refractivity (Wildman–Crippen MR) is 126 cm³/mol. The summed E-state index contributed by atoms with van der Waals surface area (Å²) in [6.07, 6.45) is -3.94. The second kappa shape index (κ2) is 8.66. The summed E-state index contributed by atoms with van der Waals surface area (Å²) < 4.78 is 38.7. The number of carbonyl (C=O) groups excluding carboxylic acids is 1. The molecule has 2 heterocycles. The Hall–Kier alpha value is -3.55. The molecule has 1 N–H and O–H groups in total. The highest BCUT2D eigenvalue weighted by molar-refractivity contribution is 6.12. The summed E-state index contributed by atoms with van der Waals surface area (Å²) in [7, 11) is 1.69. The molecule has 0 unspecified atom stereocenters. The van der Waals surface area contributed by atoms with Gasteiger partial charge in [-0.15, -0.1) is 0 Å². The predicted octanol–water partition coefficient (Wildman–Crippen LogP) is 4.73. The number of benzene rings is 2. The average Bonchev–Trinajstić information content (AvgIpc) is 3.12. The van der Waals surface area contributed by atoms with Crippen LogP contribution in [-0.4, -0.2) is 40.8 Å². The quantitative estimate of drug-likeness (QED) is 0.646. The van der Waals surface area contributed by atoms with E-state index in [9.17, 15) is 18.0 Å². The maximum atomic E-state index is 13.4. The molecule has 2 aliphatic heterocycles. The van der Waals surface area contributed by atoms with Crippen LogP contribution in [0.5, 0.6) is 0 Å². The third-order valence-electron chi connectivity index (χ3n) is 5.93. The van der Waals surface area contributed by atoms with E-state index in [4.69, 9.17) is 0 Å². The number of nitrogens with one attached hydrogen (secondary N) is 1. The molecule has 178 valence electrons. The molecule has 1 amide bonds. The van der Waals surface area contributed by atoms with Crippen LogP contribution in [0, 0.1) is 0 Å². The number of allylic oxidation sites excluding steroid dienone is 1. The van der Waals surface area contributed by atoms with Gasteiger partial charge in [-0.3, -0.25) is 9.69 Å². The minimum Gasteiger partial charge on any atom is -0.383 e. The van der Waals surface area contributed by atoms with Gasteiger partial charge in [-0.2, -0.15) is 13.2 Å². The minimum atomic E-state index is -4.38. The van der Waals surface area contributed by atoms with Gasteiger partial charge in [0.15, 0.2) is 0 Å². The van der Waals surface area contributed by atoms with E-state index < -0.39 is 11.7 Å². The van der Waals surface area contributed by atoms with Crippen molar-refractivity contribution in [1.82, 2.24) is 15.1 Å². The summed E-state index contributed by atoms with van der Waals surface area (Å²) in [5.41, 5.74) is 2.31. The maximum absolute atomic E-state index is 13.4. The van der Waals surface area contributed by atoms with E-state index in [1.165, 1.54) is 17.0 Å². The van der Waals surface area contributed by atoms with Crippen molar-refractivity contribution in [2.24, 2.45) is 4.99 Å². The molecule has 0 aromatic heterocycles. The zero-order valence-corrected chi connectivity index (χ0v) is 19.4. The molecule has 0 saturated carbocycles. The minimum absolute atomic E-state index is 0.219. The first kappa shape index (κ1) is 23.6. The largest absolute Gasteiger partial charge is 0.416 e. The number of hydrogen-bond acceptors (Lipinski definition) is 4. The molecule has 0 spiro atoms. The number of nitrogens with zero attached hydrogens (tertiary/aromatic N) is 3. The lowest BCUT2D eigenvalue weighted by Gasteiger charge is -2.36. The maximum Gasteiger partial charge on any atom is 0.416 e. The van der Waals surface area contributed by atoms with E-state index in [1.54, 1.807) is 7.05 Å². The zero-order chi connectivity index (χ0) is 24.7. The standard InChI is InChI=1S/C26H27F3N4O/c1-17-22(23(34)32(4)24-31-25(2,3)16-33(17)24)21(14-18-8-6-5-7-9-18)30-15-19-10-12-20(13-11-19)26(27,28)29/h5-13,30H,1,14-16H2,2-4H3/b22-21+. The van der Waals surface area contributed by atoms with Gasteiger partial charge in [0.1, 0.15) is 0 Å². The molecule has 1 fully saturated rings. The molecule has 0 bridgehead atoms. The van der Waals surface area contributed by atoms with Crippen LogP contribution in [0.15, 0.2) is 83.1 Å². The van der Waals surface area contributed by atoms with Crippen LogP contribution in [0.2, 0.25) is 0 Å². The van der Waals surface area contributed by atoms with Crippen molar-refractivity contribution in [1.29, 1.82) is 0 Å². The average molecular weight is 469 g/mol. The number of amides is 1. The first-order valence-electron chi connectivity index (χ1n) is 11.0. The Morgan fingerprint density at radius 3 is 2.35 bits per heavy atom. The van der Waals surface area contributed by atoms with Crippen molar-refractivity contribution in [3.8, 4) is 0 Å². The Kier molecular flexibility index (Phi) is 6.02. The molecule has 2 aromatic rings. The van der Waals surface area contributed by atoms with Gasteiger partial charge in [0, 0.05) is 25.7 Å². The van der Waals surface area contributed by atoms with Crippen molar-refractivity contribution < 1.29 is 18.0 Å². The first-order chi connectivity index (χ1) is 16.0. The second-order valence-corrected chi connectivity index (χ2v) is 9.19. The Balaban J connectivity index is 1.67. The normalized spacial score (nSPS) is 19.2. The van der Waals surface area contributed by atoms with Gasteiger partial charge in [0.05, 0.1) is 28.9 Å². The van der Waals surface area contributed by atoms with Crippen LogP contribution in [0.1, 0.15) is 30.5 Å². The lowest BCUT2D eigenvalue weighted by Crippen LogP contribution is -2.50. The number of rotatable bonds is 5. The van der Waals surface area contributed by atoms with E-state index in [0.29, 0.717) is 41.5 Å². The number of fused-ring (bicyclic) bond motifs is 1. The SMILES string of the molecule is C=C1/C(=C(/Cc2ccccc2)NCc2ccc(C(F)(F)F)cc2)C(=O)N(C)C2=NC(C)(C)CN12. The highest BCUT2D eigenvalue weighted by Crippen LogP contribution is 2.34. The van der Waals surface area contributed by atoms with Gasteiger partial charge >= 0.3 is 6.18 Å². The van der Waals surface area contributed by atoms with Crippen molar-refractivity contribution in [3.05, 3.63) is 94.8 Å². The second-order valence-electron chi connectivity index (χ2n) is 9.19. The Morgan fingerprint density at radius 2 is 1.74 bits per heavy atom. The molecule has 0 aliphatic carbocycles. The smallest absolute Gasteiger partial charge is 0.383 e. The molecule has 0 atom stereocenters. The number of hydrogen-bond donors (Lipinski definition) is 1. The van der Waals surface area contributed by atoms with E-state index >= 15 is 0 Å². The summed E-state index contributed by atoms with van der Waals surface area (Å²) in [5.74, 6) is 0.356. The van der Waals surface area contributed by atoms with Gasteiger partial charge in [-0.1, -0.05) is 49.0 Å². The van der Waals surface area contributed by atoms with Crippen molar-refractivity contribution in [2.45, 2.75) is 38.5 Å². The van der Waals surface area contributed by atoms with Crippen LogP contribution in [0.4, 0.5) is 13.2 Å². The topological polar surface area (TPSA) is 47.9 Å². The van der Waals surface area contributed by atoms with Gasteiger partial charge in [-0.25, -0.2) is 4.99 Å². The van der Waals surface area contributed by atoms with E-state index in [0.717, 1.165) is 17.7 Å². The first-order valence-corrected chi connectivity index (χ1v) is 11.0. The molecular weight excluding hydrogens is 441 g/mol. The lowest BCUT2D eigenvalue weighted by molar-refractivity contribution is -0.137. The summed E-state index contributed by atoms with van der Waals surface area (Å²) in [6, 6.07) is 14.7. The number of guanidine groups is 1. The molecule has 4 rings (SSSR count). The van der Waals surface area contributed by atoms with Crippen LogP contribution in [0.3, 0.4) is 0 Å². The molecule has 8 heteroatoms. The molecular formula is C26H27F3N4O. The summed E-state index contributed by atoms with van der Waals surface area (Å²) in [4.78, 5) is 21.6. The fourth-order valence-electron chi connectivity index (χ4n) is 4.18. The van der Waals surface area contributed by atoms with Gasteiger partial charge in [0.2, 0.25) is 5.96 Å². The summed E-state index contributed by atoms with van der Waals surface area (Å²) in [6.45, 7) is 9.08. The number of alkyl halides is 3. The fraction of sp³-hybridized carbons (Fsp3) is 0.308. The highest BCUT2D eigenvalue weighted by Gasteiger charge is 2.43. The number of carbonyl (C=O) groups is 1. The van der Waals surface area contributed by atoms with Crippen molar-refractivity contribution in [2.75, 3.05) is 13.6 Å². The van der Waals surface area contributed by atoms with Crippen LogP contribution in [0.25, 0.3) is 0 Å². The van der Waals surface area contributed by atoms with Crippen LogP contribution in [-0.2, 0) is 23.9 Å². The third-order valence-corrected chi connectivity index (χ3v) is 5.93. The Bertz CT molecular complexity index is 1160. The molecule has 34 heavy (non-hydrogen) atoms. The van der Waals surface area contributed by atoms with E-state index in [1.807, 2.05) is 49.1 Å². The lowest BCUT2D eigenvalue weighted by atomic mass is 9.99. The highest BCUT2D eigenvalue weighted by atomic mass is 19.4. The van der Waals surface area contributed by atoms with Crippen molar-refractivity contribution in [3.63, 3.8) is 0 Å². The number of halogens is 3. The molecule has 1 saturated heterocycles. The molecule has 2 aliphatic rings. The van der Waals surface area contributed by atoms with Gasteiger partial charge in [-0.05, 0) is 37.1 Å². The van der Waals surface area contributed by atoms with Crippen LogP contribution >= 0.6 is 0 Å². The van der Waals surface area contributed by atoms with Crippen molar-refractivity contribution >= 4 is 11.9 Å². The molecule has 0 radical (unpaired) electrons. The Labute approximate surface area is 197 Å². The fourth-order valence-corrected chi connectivity index (χ4v) is 4.18. The molecule has 5 nitrogen and oxygen atoms in total.